The van der Waals surface area contributed by atoms with Crippen LogP contribution in [0.15, 0.2) is 28.2 Å². The number of primary sulfonamides is 1. The molecule has 0 spiro atoms. The van der Waals surface area contributed by atoms with Crippen LogP contribution in [-0.4, -0.2) is 91.8 Å². The zero-order valence-electron chi connectivity index (χ0n) is 18.9. The zero-order valence-corrected chi connectivity index (χ0v) is 20.5. The lowest BCUT2D eigenvalue weighted by Gasteiger charge is -2.39. The van der Waals surface area contributed by atoms with Crippen molar-refractivity contribution in [2.75, 3.05) is 32.7 Å². The third kappa shape index (κ3) is 5.70. The van der Waals surface area contributed by atoms with E-state index in [1.54, 1.807) is 4.90 Å². The van der Waals surface area contributed by atoms with Crippen molar-refractivity contribution in [1.82, 2.24) is 35.6 Å². The SMILES string of the molecule is C=C/C(=C(\C(=C(/C)S(=O)(=O)N[C@@H]1CCNC1)S(N)(=O)=O)c1nnn[nH]1)N1CCC(O)(CN)CC1. The van der Waals surface area contributed by atoms with Gasteiger partial charge in [0.1, 0.15) is 4.91 Å². The highest BCUT2D eigenvalue weighted by atomic mass is 32.2. The lowest BCUT2D eigenvalue weighted by atomic mass is 9.91. The topological polar surface area (TPSA) is 222 Å². The average molecular weight is 518 g/mol. The molecule has 2 saturated heterocycles. The van der Waals surface area contributed by atoms with Crippen LogP contribution in [0.25, 0.3) is 5.57 Å². The molecule has 3 heterocycles. The van der Waals surface area contributed by atoms with Gasteiger partial charge in [0.15, 0.2) is 5.82 Å². The van der Waals surface area contributed by atoms with E-state index in [0.717, 1.165) is 0 Å². The summed E-state index contributed by atoms with van der Waals surface area (Å²) in [6.45, 7) is 6.69. The number of sulfonamides is 2. The second kappa shape index (κ2) is 10.2. The fourth-order valence-electron chi connectivity index (χ4n) is 4.07. The molecule has 2 aliphatic heterocycles. The molecule has 2 fully saturated rings. The van der Waals surface area contributed by atoms with Crippen molar-refractivity contribution in [1.29, 1.82) is 0 Å². The molecule has 0 aromatic carbocycles. The summed E-state index contributed by atoms with van der Waals surface area (Å²) in [7, 11) is -8.85. The van der Waals surface area contributed by atoms with Crippen LogP contribution >= 0.6 is 0 Å². The molecule has 0 bridgehead atoms. The monoisotopic (exact) mass is 517 g/mol. The second-order valence-electron chi connectivity index (χ2n) is 8.37. The number of likely N-dealkylation sites (tertiary alicyclic amines) is 1. The summed E-state index contributed by atoms with van der Waals surface area (Å²) in [6, 6.07) is -0.393. The fraction of sp³-hybridized carbons (Fsp3) is 0.611. The van der Waals surface area contributed by atoms with Gasteiger partial charge in [-0.3, -0.25) is 0 Å². The Bertz CT molecular complexity index is 1160. The molecule has 14 nitrogen and oxygen atoms in total. The lowest BCUT2D eigenvalue weighted by molar-refractivity contribution is -0.00485. The number of piperidine rings is 1. The van der Waals surface area contributed by atoms with Gasteiger partial charge in [0.05, 0.1) is 16.1 Å². The van der Waals surface area contributed by atoms with Crippen LogP contribution in [0.3, 0.4) is 0 Å². The molecule has 8 N–H and O–H groups in total. The number of aromatic amines is 1. The smallest absolute Gasteiger partial charge is 0.239 e. The number of nitrogens with two attached hydrogens (primary N) is 2. The van der Waals surface area contributed by atoms with E-state index in [0.29, 0.717) is 45.4 Å². The van der Waals surface area contributed by atoms with Gasteiger partial charge in [-0.05, 0) is 49.2 Å². The Morgan fingerprint density at radius 2 is 2.03 bits per heavy atom. The average Bonchev–Trinajstić information content (AvgIpc) is 3.47. The highest BCUT2D eigenvalue weighted by Crippen LogP contribution is 2.35. The summed E-state index contributed by atoms with van der Waals surface area (Å²) in [5, 5.41) is 32.5. The molecule has 1 aromatic heterocycles. The molecule has 0 saturated carbocycles. The van der Waals surface area contributed by atoms with Crippen LogP contribution in [-0.2, 0) is 20.0 Å². The van der Waals surface area contributed by atoms with E-state index in [4.69, 9.17) is 10.9 Å². The summed E-state index contributed by atoms with van der Waals surface area (Å²) in [4.78, 5) is 0.608. The first-order valence-electron chi connectivity index (χ1n) is 10.7. The van der Waals surface area contributed by atoms with Crippen LogP contribution in [0.5, 0.6) is 0 Å². The van der Waals surface area contributed by atoms with Gasteiger partial charge in [-0.2, -0.15) is 0 Å². The number of aliphatic hydroxyl groups is 1. The highest BCUT2D eigenvalue weighted by molar-refractivity contribution is 7.97. The van der Waals surface area contributed by atoms with E-state index in [9.17, 15) is 21.9 Å². The van der Waals surface area contributed by atoms with Crippen molar-refractivity contribution in [3.05, 3.63) is 34.0 Å². The Morgan fingerprint density at radius 1 is 1.35 bits per heavy atom. The van der Waals surface area contributed by atoms with Crippen molar-refractivity contribution >= 4 is 25.6 Å². The third-order valence-corrected chi connectivity index (χ3v) is 8.93. The maximum absolute atomic E-state index is 13.2. The van der Waals surface area contributed by atoms with E-state index in [1.807, 2.05) is 0 Å². The van der Waals surface area contributed by atoms with Crippen molar-refractivity contribution in [3.63, 3.8) is 0 Å². The molecule has 1 atom stereocenters. The number of H-pyrrole nitrogens is 1. The molecule has 3 rings (SSSR count). The minimum Gasteiger partial charge on any atom is -0.388 e. The number of nitrogens with zero attached hydrogens (tertiary/aromatic N) is 4. The number of rotatable bonds is 9. The Balaban J connectivity index is 2.20. The molecular formula is C18H31N9O5S2. The molecule has 0 aliphatic carbocycles. The van der Waals surface area contributed by atoms with Gasteiger partial charge in [-0.25, -0.2) is 31.8 Å². The third-order valence-electron chi connectivity index (χ3n) is 6.06. The van der Waals surface area contributed by atoms with Crippen LogP contribution in [0.2, 0.25) is 0 Å². The van der Waals surface area contributed by atoms with Crippen LogP contribution < -0.4 is 20.9 Å². The van der Waals surface area contributed by atoms with E-state index >= 15 is 0 Å². The van der Waals surface area contributed by atoms with Gasteiger partial charge in [-0.1, -0.05) is 6.58 Å². The fourth-order valence-corrected chi connectivity index (χ4v) is 6.80. The standard InChI is InChI=1S/C18H31N9O5S2/c1-3-14(27-8-5-18(28,11-19)6-9-27)15(17-22-25-26-23-17)16(33(20,29)30)12(2)34(31,32)24-13-4-7-21-10-13/h3,13,21,24,28H,1,4-11,19H2,2H3,(H2,20,29,30)(H,22,23,25,26)/b15-14-,16-12-/t13-/m1/s1. The van der Waals surface area contributed by atoms with Gasteiger partial charge in [0.25, 0.3) is 0 Å². The quantitative estimate of drug-likeness (QED) is 0.191. The van der Waals surface area contributed by atoms with Crippen LogP contribution in [0.1, 0.15) is 32.0 Å². The Morgan fingerprint density at radius 3 is 2.50 bits per heavy atom. The summed E-state index contributed by atoms with van der Waals surface area (Å²) >= 11 is 0. The molecular weight excluding hydrogens is 486 g/mol. The first-order chi connectivity index (χ1) is 15.9. The number of tetrazole rings is 1. The number of hydrogen-bond donors (Lipinski definition) is 6. The number of aromatic nitrogens is 4. The predicted octanol–water partition coefficient (Wildman–Crippen LogP) is -2.32. The van der Waals surface area contributed by atoms with E-state index in [-0.39, 0.29) is 23.6 Å². The Labute approximate surface area is 198 Å². The van der Waals surface area contributed by atoms with Crippen molar-refractivity contribution < 1.29 is 21.9 Å². The molecule has 1 aromatic rings. The largest absolute Gasteiger partial charge is 0.388 e. The van der Waals surface area contributed by atoms with Crippen molar-refractivity contribution in [2.45, 2.75) is 37.8 Å². The predicted molar refractivity (Wildman–Crippen MR) is 125 cm³/mol. The first kappa shape index (κ1) is 26.4. The minimum absolute atomic E-state index is 0.0776. The van der Waals surface area contributed by atoms with E-state index in [2.05, 4.69) is 37.2 Å². The zero-order chi connectivity index (χ0) is 25.1. The summed E-state index contributed by atoms with van der Waals surface area (Å²) in [6.07, 6.45) is 2.56. The van der Waals surface area contributed by atoms with E-state index < -0.39 is 41.5 Å². The molecule has 0 unspecified atom stereocenters. The maximum Gasteiger partial charge on any atom is 0.239 e. The summed E-state index contributed by atoms with van der Waals surface area (Å²) in [5.74, 6) is -0.101. The van der Waals surface area contributed by atoms with Gasteiger partial charge in [0.2, 0.25) is 20.0 Å². The van der Waals surface area contributed by atoms with Gasteiger partial charge in [0, 0.05) is 37.9 Å². The van der Waals surface area contributed by atoms with Crippen molar-refractivity contribution in [2.24, 2.45) is 10.9 Å². The highest BCUT2D eigenvalue weighted by Gasteiger charge is 2.36. The van der Waals surface area contributed by atoms with Crippen LogP contribution in [0.4, 0.5) is 0 Å². The van der Waals surface area contributed by atoms with Crippen LogP contribution in [0, 0.1) is 0 Å². The number of allylic oxidation sites excluding steroid dienone is 3. The summed E-state index contributed by atoms with van der Waals surface area (Å²) < 4.78 is 54.5. The summed E-state index contributed by atoms with van der Waals surface area (Å²) in [5.41, 5.74) is 4.74. The minimum atomic E-state index is -4.60. The normalized spacial score (nSPS) is 22.8. The van der Waals surface area contributed by atoms with Gasteiger partial charge in [-0.15, -0.1) is 5.10 Å². The molecule has 0 radical (unpaired) electrons. The molecule has 190 valence electrons. The Hall–Kier alpha value is -2.21. The number of hydrogen-bond acceptors (Lipinski definition) is 11. The lowest BCUT2D eigenvalue weighted by Crippen LogP contribution is -2.48. The first-order valence-corrected chi connectivity index (χ1v) is 13.7. The molecule has 0 amide bonds. The second-order valence-corrected chi connectivity index (χ2v) is 11.7. The molecule has 34 heavy (non-hydrogen) atoms. The van der Waals surface area contributed by atoms with E-state index in [1.165, 1.54) is 13.0 Å². The number of nitrogens with one attached hydrogen (secondary N) is 3. The van der Waals surface area contributed by atoms with Gasteiger partial charge < -0.3 is 21.1 Å². The molecule has 2 aliphatic rings. The van der Waals surface area contributed by atoms with Gasteiger partial charge >= 0.3 is 0 Å². The Kier molecular flexibility index (Phi) is 7.91. The maximum atomic E-state index is 13.2. The molecule has 16 heteroatoms. The van der Waals surface area contributed by atoms with Crippen molar-refractivity contribution in [3.8, 4) is 0 Å².